The zero-order valence-corrected chi connectivity index (χ0v) is 81.8. The third kappa shape index (κ3) is 33.5. The highest BCUT2D eigenvalue weighted by molar-refractivity contribution is 9.10. The minimum Gasteiger partial charge on any atom is -0.456 e. The Hall–Kier alpha value is -18.7. The zero-order chi connectivity index (χ0) is 103. The van der Waals surface area contributed by atoms with Gasteiger partial charge >= 0.3 is 0 Å². The molecule has 6 amide bonds. The number of amides is 6. The number of carbonyl (C=O) groups is 6. The van der Waals surface area contributed by atoms with E-state index >= 15 is 0 Å². The van der Waals surface area contributed by atoms with Crippen molar-refractivity contribution in [3.05, 3.63) is 478 Å². The standard InChI is InChI=1S/C20H15N3O2.2C20H19N3O.C19H15BrN2O2.C19H15FN2O2.C15H11F2N5OS.2CH4/c1-14-4-2-5-16(8-14)20(24)23-17-9-15(12-21)10-19(11-17)25-18-6-3-7-22-13-18;2*1-15-6-3-7-16(12-15)20(24)22-17-8-4-9-18(13-17)23(2)19-10-5-11-21-14-19;1-13-4-2-5-14(8-13)19(23)22-16-9-15(20)10-18(11-16)24-17-6-3-7-21-12-17;1-13-4-2-5-14(8-13)19(23)22-16-6-3-7-17(10-16)24-18-9-15(20)11-21-12-18;1-22(10-4-18-7-19-5-10)13-3-9(2-11(16)14(13)17)21-15(23)12-6-24-8-20-12;;/h2-11,13H,1H3,(H,23,24);2*3-14H,1-2H3,(H,22,24);2*2-12H,1H3,(H,22,23);2-8H,1H3,(H,21,23);2*1H4. The highest BCUT2D eigenvalue weighted by atomic mass is 79.9. The first-order valence-electron chi connectivity index (χ1n) is 44.6. The molecule has 0 spiro atoms. The van der Waals surface area contributed by atoms with Gasteiger partial charge in [-0.25, -0.2) is 28.1 Å². The molecule has 0 radical (unpaired) electrons. The average molecular weight is 2050 g/mol. The highest BCUT2D eigenvalue weighted by Crippen LogP contribution is 2.35. The zero-order valence-electron chi connectivity index (χ0n) is 79.4. The van der Waals surface area contributed by atoms with Gasteiger partial charge in [0, 0.05) is 159 Å². The number of benzene rings is 11. The molecule has 27 nitrogen and oxygen atoms in total. The van der Waals surface area contributed by atoms with Crippen LogP contribution in [0, 0.1) is 63.4 Å². The molecule has 32 heteroatoms. The van der Waals surface area contributed by atoms with Crippen LogP contribution in [-0.2, 0) is 0 Å². The Labute approximate surface area is 862 Å². The summed E-state index contributed by atoms with van der Waals surface area (Å²) < 4.78 is 59.0. The number of thiazole rings is 1. The maximum Gasteiger partial charge on any atom is 0.275 e. The van der Waals surface area contributed by atoms with Crippen LogP contribution in [0.4, 0.5) is 81.4 Å². The summed E-state index contributed by atoms with van der Waals surface area (Å²) >= 11 is 4.70. The van der Waals surface area contributed by atoms with Gasteiger partial charge in [-0.2, -0.15) is 5.26 Å². The van der Waals surface area contributed by atoms with Gasteiger partial charge in [-0.05, 0) is 223 Å². The van der Waals surface area contributed by atoms with Crippen LogP contribution in [-0.4, -0.2) is 96.5 Å². The second-order valence-electron chi connectivity index (χ2n) is 32.1. The molecule has 0 saturated carbocycles. The Morgan fingerprint density at radius 3 is 1.12 bits per heavy atom. The third-order valence-electron chi connectivity index (χ3n) is 20.8. The van der Waals surface area contributed by atoms with Gasteiger partial charge in [-0.3, -0.25) is 53.7 Å². The van der Waals surface area contributed by atoms with Gasteiger partial charge in [0.1, 0.15) is 52.3 Å². The smallest absolute Gasteiger partial charge is 0.275 e. The summed E-state index contributed by atoms with van der Waals surface area (Å²) in [6, 6.07) is 90.3. The van der Waals surface area contributed by atoms with Crippen molar-refractivity contribution < 1.29 is 56.1 Å². The molecular formula is C115H102BrF3N18O9S. The van der Waals surface area contributed by atoms with Gasteiger partial charge in [0.05, 0.1) is 89.5 Å². The van der Waals surface area contributed by atoms with Crippen LogP contribution in [0.25, 0.3) is 0 Å². The van der Waals surface area contributed by atoms with Crippen molar-refractivity contribution in [2.45, 2.75) is 49.5 Å². The van der Waals surface area contributed by atoms with Gasteiger partial charge in [0.2, 0.25) is 0 Å². The van der Waals surface area contributed by atoms with E-state index < -0.39 is 23.4 Å². The first kappa shape index (κ1) is 109. The molecule has 740 valence electrons. The van der Waals surface area contributed by atoms with Crippen LogP contribution in [0.5, 0.6) is 34.5 Å². The number of aromatic nitrogens is 8. The topological polar surface area (TPSA) is 339 Å². The van der Waals surface area contributed by atoms with Crippen LogP contribution < -0.4 is 60.8 Å². The number of anilines is 12. The predicted molar refractivity (Wildman–Crippen MR) is 578 cm³/mol. The lowest BCUT2D eigenvalue weighted by Gasteiger charge is -2.20. The number of carbonyl (C=O) groups excluding carboxylic acids is 6. The molecule has 18 aromatic rings. The lowest BCUT2D eigenvalue weighted by atomic mass is 10.1. The second-order valence-corrected chi connectivity index (χ2v) is 33.8. The number of halogens is 4. The Bertz CT molecular complexity index is 7400. The van der Waals surface area contributed by atoms with Crippen LogP contribution >= 0.6 is 27.3 Å². The normalized spacial score (nSPS) is 10.1. The monoisotopic (exact) mass is 2050 g/mol. The molecule has 147 heavy (non-hydrogen) atoms. The number of nitriles is 1. The predicted octanol–water partition coefficient (Wildman–Crippen LogP) is 27.4. The molecule has 0 saturated heterocycles. The Balaban J connectivity index is 0.000000167. The number of aryl methyl sites for hydroxylation is 5. The SMILES string of the molecule is C.C.CN(c1cncnc1)c1cc(NC(=O)c2cscn2)cc(F)c1F.Cc1cccc(C(=O)Nc2cc(Br)cc(Oc3cccnc3)c2)c1.Cc1cccc(C(=O)Nc2cc(C#N)cc(Oc3cccnc3)c2)c1.Cc1cccc(C(=O)Nc2cccc(N(C)c3cccnc3)c2)c1.Cc1cccc(C(=O)Nc2cccc(N(C)c3cccnc3)c2)c1.Cc1cccc(C(=O)Nc2cccc(Oc3cncc(F)c3)c2)c1. The molecule has 6 N–H and O–H groups in total. The van der Waals surface area contributed by atoms with Crippen molar-refractivity contribution >= 4 is 131 Å². The van der Waals surface area contributed by atoms with Gasteiger partial charge in [0.25, 0.3) is 35.4 Å². The average Bonchev–Trinajstić information content (AvgIpc) is 1.36. The maximum absolute atomic E-state index is 14.1. The Kier molecular flexibility index (Phi) is 40.2. The summed E-state index contributed by atoms with van der Waals surface area (Å²) in [6.07, 6.45) is 20.4. The molecule has 7 aromatic heterocycles. The van der Waals surface area contributed by atoms with Crippen LogP contribution in [0.15, 0.2) is 393 Å². The van der Waals surface area contributed by atoms with E-state index in [0.29, 0.717) is 84.9 Å². The summed E-state index contributed by atoms with van der Waals surface area (Å²) in [5.74, 6) is -0.920. The van der Waals surface area contributed by atoms with E-state index in [4.69, 9.17) is 14.2 Å². The van der Waals surface area contributed by atoms with Crippen molar-refractivity contribution in [1.82, 2.24) is 39.9 Å². The van der Waals surface area contributed by atoms with E-state index in [1.54, 1.807) is 153 Å². The van der Waals surface area contributed by atoms with E-state index in [-0.39, 0.29) is 67.2 Å². The molecule has 0 aliphatic heterocycles. The quantitative estimate of drug-likeness (QED) is 0.0327. The summed E-state index contributed by atoms with van der Waals surface area (Å²) in [4.78, 5) is 111. The molecule has 0 aliphatic carbocycles. The molecule has 0 unspecified atom stereocenters. The Morgan fingerprint density at radius 2 is 0.701 bits per heavy atom. The number of pyridine rings is 5. The molecule has 0 fully saturated rings. The van der Waals surface area contributed by atoms with Gasteiger partial charge in [-0.1, -0.05) is 137 Å². The first-order valence-corrected chi connectivity index (χ1v) is 46.4. The van der Waals surface area contributed by atoms with Crippen molar-refractivity contribution in [2.75, 3.05) is 67.7 Å². The fourth-order valence-corrected chi connectivity index (χ4v) is 14.8. The molecule has 18 rings (SSSR count). The number of hydrogen-bond acceptors (Lipinski definition) is 22. The van der Waals surface area contributed by atoms with E-state index in [0.717, 1.165) is 78.7 Å². The summed E-state index contributed by atoms with van der Waals surface area (Å²) in [5.41, 5.74) is 18.0. The Morgan fingerprint density at radius 1 is 0.333 bits per heavy atom. The minimum atomic E-state index is -1.08. The van der Waals surface area contributed by atoms with Crippen LogP contribution in [0.1, 0.15) is 111 Å². The largest absolute Gasteiger partial charge is 0.456 e. The number of rotatable bonds is 24. The summed E-state index contributed by atoms with van der Waals surface area (Å²) in [5, 5.41) is 27.7. The molecule has 7 heterocycles. The maximum atomic E-state index is 14.1. The van der Waals surface area contributed by atoms with Gasteiger partial charge < -0.3 is 60.8 Å². The van der Waals surface area contributed by atoms with Crippen LogP contribution in [0.2, 0.25) is 0 Å². The lowest BCUT2D eigenvalue weighted by molar-refractivity contribution is 0.101. The van der Waals surface area contributed by atoms with Crippen LogP contribution in [0.3, 0.4) is 0 Å². The highest BCUT2D eigenvalue weighted by Gasteiger charge is 2.21. The summed E-state index contributed by atoms with van der Waals surface area (Å²) in [6.45, 7) is 9.75. The van der Waals surface area contributed by atoms with Crippen molar-refractivity contribution in [3.8, 4) is 40.6 Å². The fourth-order valence-electron chi connectivity index (χ4n) is 13.7. The third-order valence-corrected chi connectivity index (χ3v) is 21.9. The number of hydrogen-bond donors (Lipinski definition) is 6. The minimum absolute atomic E-state index is 0. The molecule has 11 aromatic carbocycles. The molecular weight excluding hydrogens is 1950 g/mol. The molecule has 0 aliphatic rings. The van der Waals surface area contributed by atoms with Gasteiger partial charge in [-0.15, -0.1) is 11.3 Å². The number of nitrogens with zero attached hydrogens (tertiary/aromatic N) is 12. The van der Waals surface area contributed by atoms with Crippen molar-refractivity contribution in [2.24, 2.45) is 0 Å². The van der Waals surface area contributed by atoms with E-state index in [1.165, 1.54) is 58.8 Å². The van der Waals surface area contributed by atoms with Crippen molar-refractivity contribution in [3.63, 3.8) is 0 Å². The molecule has 0 atom stereocenters. The number of ether oxygens (including phenoxy) is 3. The fraction of sp³-hybridized carbons (Fsp3) is 0.0870. The molecule has 0 bridgehead atoms. The first-order chi connectivity index (χ1) is 70.2. The second kappa shape index (κ2) is 54.3. The summed E-state index contributed by atoms with van der Waals surface area (Å²) in [7, 11) is 5.49. The van der Waals surface area contributed by atoms with E-state index in [1.807, 2.05) is 247 Å². The van der Waals surface area contributed by atoms with E-state index in [9.17, 15) is 47.2 Å². The van der Waals surface area contributed by atoms with Crippen molar-refractivity contribution in [1.29, 1.82) is 5.26 Å². The van der Waals surface area contributed by atoms with Gasteiger partial charge in [0.15, 0.2) is 11.6 Å². The lowest BCUT2D eigenvalue weighted by Crippen LogP contribution is -2.16. The van der Waals surface area contributed by atoms with E-state index in [2.05, 4.69) is 93.8 Å². The number of nitrogens with one attached hydrogen (secondary N) is 6.